The predicted molar refractivity (Wildman–Crippen MR) is 136 cm³/mol. The molecule has 15 heteroatoms. The van der Waals surface area contributed by atoms with Gasteiger partial charge in [-0.3, -0.25) is 9.10 Å². The van der Waals surface area contributed by atoms with Crippen LogP contribution in [0.4, 0.5) is 46.3 Å². The molecule has 39 heavy (non-hydrogen) atoms. The van der Waals surface area contributed by atoms with Crippen LogP contribution < -0.4 is 20.4 Å². The maximum atomic E-state index is 13.5. The van der Waals surface area contributed by atoms with Gasteiger partial charge in [0.2, 0.25) is 16.0 Å². The van der Waals surface area contributed by atoms with Gasteiger partial charge < -0.3 is 10.6 Å². The van der Waals surface area contributed by atoms with Gasteiger partial charge >= 0.3 is 0 Å². The van der Waals surface area contributed by atoms with Crippen molar-refractivity contribution >= 4 is 44.6 Å². The number of halogens is 4. The number of carbonyl (C=O) groups excluding carboxylic acids is 1. The van der Waals surface area contributed by atoms with Crippen molar-refractivity contribution in [2.75, 3.05) is 28.2 Å². The van der Waals surface area contributed by atoms with Gasteiger partial charge in [0, 0.05) is 19.3 Å². The molecule has 0 saturated heterocycles. The summed E-state index contributed by atoms with van der Waals surface area (Å²) < 4.78 is 77.5. The lowest BCUT2D eigenvalue weighted by atomic mass is 10.1. The summed E-state index contributed by atoms with van der Waals surface area (Å²) in [6.07, 6.45) is -2.54. The first-order valence-corrected chi connectivity index (χ1v) is 13.4. The zero-order valence-electron chi connectivity index (χ0n) is 20.7. The Morgan fingerprint density at radius 3 is 2.46 bits per heavy atom. The zero-order valence-corrected chi connectivity index (χ0v) is 21.5. The molecule has 2 heterocycles. The molecular formula is C24H24F4N6O4S. The van der Waals surface area contributed by atoms with Gasteiger partial charge in [-0.25, -0.2) is 41.9 Å². The number of nitrogens with one attached hydrogen (secondary N) is 3. The number of anilines is 5. The molecule has 1 unspecified atom stereocenters. The van der Waals surface area contributed by atoms with Crippen molar-refractivity contribution in [3.63, 3.8) is 0 Å². The lowest BCUT2D eigenvalue weighted by molar-refractivity contribution is -0.155. The van der Waals surface area contributed by atoms with Crippen LogP contribution in [-0.2, 0) is 14.9 Å². The highest BCUT2D eigenvalue weighted by Crippen LogP contribution is 2.43. The maximum Gasteiger partial charge on any atom is 0.295 e. The molecular weight excluding hydrogens is 544 g/mol. The Kier molecular flexibility index (Phi) is 8.20. The van der Waals surface area contributed by atoms with Crippen LogP contribution in [0.15, 0.2) is 48.7 Å². The van der Waals surface area contributed by atoms with E-state index >= 15 is 0 Å². The van der Waals surface area contributed by atoms with Gasteiger partial charge in [-0.2, -0.15) is 4.39 Å². The Morgan fingerprint density at radius 1 is 1.08 bits per heavy atom. The van der Waals surface area contributed by atoms with Gasteiger partial charge in [-0.15, -0.1) is 0 Å². The topological polar surface area (TPSA) is 126 Å². The third-order valence-corrected chi connectivity index (χ3v) is 6.95. The minimum atomic E-state index is -3.69. The molecule has 2 aromatic heterocycles. The van der Waals surface area contributed by atoms with Gasteiger partial charge in [0.05, 0.1) is 28.9 Å². The normalized spacial score (nSPS) is 14.1. The minimum Gasteiger partial charge on any atom is -0.353 e. The lowest BCUT2D eigenvalue weighted by Crippen LogP contribution is -2.31. The van der Waals surface area contributed by atoms with E-state index in [1.807, 2.05) is 6.07 Å². The molecule has 1 aromatic carbocycles. The van der Waals surface area contributed by atoms with Crippen molar-refractivity contribution < 1.29 is 35.6 Å². The summed E-state index contributed by atoms with van der Waals surface area (Å²) in [4.78, 5) is 24.5. The molecule has 208 valence electrons. The molecule has 1 fully saturated rings. The maximum absolute atomic E-state index is 13.5. The molecule has 4 rings (SSSR count). The monoisotopic (exact) mass is 568 g/mol. The average Bonchev–Trinajstić information content (AvgIpc) is 3.72. The number of hydrogen-bond donors (Lipinski definition) is 3. The first kappa shape index (κ1) is 28.0. The average molecular weight is 569 g/mol. The Hall–Kier alpha value is -3.98. The molecule has 3 N–H and O–H groups in total. The van der Waals surface area contributed by atoms with Gasteiger partial charge in [0.15, 0.2) is 0 Å². The summed E-state index contributed by atoms with van der Waals surface area (Å²) >= 11 is 0. The van der Waals surface area contributed by atoms with Crippen LogP contribution in [0.1, 0.15) is 34.7 Å². The molecule has 1 saturated carbocycles. The first-order valence-electron chi connectivity index (χ1n) is 11.5. The van der Waals surface area contributed by atoms with Crippen molar-refractivity contribution in [2.24, 2.45) is 0 Å². The Labute approximate surface area is 221 Å². The van der Waals surface area contributed by atoms with Crippen LogP contribution in [0, 0.1) is 5.95 Å². The summed E-state index contributed by atoms with van der Waals surface area (Å²) in [6, 6.07) is 10.5. The number of sulfonamides is 1. The fraction of sp³-hybridized carbons (Fsp3) is 0.292. The van der Waals surface area contributed by atoms with E-state index in [-0.39, 0.29) is 34.3 Å². The van der Waals surface area contributed by atoms with E-state index in [9.17, 15) is 30.8 Å². The fourth-order valence-electron chi connectivity index (χ4n) is 3.54. The Balaban J connectivity index is 1.72. The van der Waals surface area contributed by atoms with Crippen LogP contribution in [0.25, 0.3) is 0 Å². The molecule has 0 spiro atoms. The van der Waals surface area contributed by atoms with E-state index in [2.05, 4.69) is 25.4 Å². The molecule has 1 aliphatic carbocycles. The summed E-state index contributed by atoms with van der Waals surface area (Å²) in [7, 11) is -2.32. The van der Waals surface area contributed by atoms with E-state index in [0.29, 0.717) is 5.92 Å². The van der Waals surface area contributed by atoms with Gasteiger partial charge in [0.25, 0.3) is 18.7 Å². The third kappa shape index (κ3) is 7.11. The van der Waals surface area contributed by atoms with Crippen molar-refractivity contribution in [1.82, 2.24) is 15.4 Å². The Bertz CT molecular complexity index is 1470. The molecule has 0 radical (unpaired) electrons. The number of hydroxylamine groups is 1. The third-order valence-electron chi connectivity index (χ3n) is 5.76. The van der Waals surface area contributed by atoms with Gasteiger partial charge in [0.1, 0.15) is 11.6 Å². The van der Waals surface area contributed by atoms with Crippen LogP contribution in [0.5, 0.6) is 0 Å². The molecule has 0 bridgehead atoms. The smallest absolute Gasteiger partial charge is 0.295 e. The molecule has 1 atom stereocenters. The van der Waals surface area contributed by atoms with Crippen molar-refractivity contribution in [3.05, 3.63) is 65.7 Å². The highest BCUT2D eigenvalue weighted by molar-refractivity contribution is 7.92. The fourth-order valence-corrected chi connectivity index (χ4v) is 4.05. The van der Waals surface area contributed by atoms with Crippen molar-refractivity contribution in [1.29, 1.82) is 0 Å². The van der Waals surface area contributed by atoms with Crippen LogP contribution in [0.2, 0.25) is 0 Å². The number of rotatable bonds is 11. The highest BCUT2D eigenvalue weighted by Gasteiger charge is 2.27. The first-order chi connectivity index (χ1) is 18.4. The quantitative estimate of drug-likeness (QED) is 0.174. The Morgan fingerprint density at radius 2 is 1.82 bits per heavy atom. The second-order valence-corrected chi connectivity index (χ2v) is 10.7. The summed E-state index contributed by atoms with van der Waals surface area (Å²) in [5.41, 5.74) is 2.87. The summed E-state index contributed by atoms with van der Waals surface area (Å²) in [5.74, 6) is -1.37. The number of hydrogen-bond acceptors (Lipinski definition) is 8. The zero-order chi connectivity index (χ0) is 28.3. The number of alkyl halides is 3. The number of pyridine rings is 2. The standard InChI is InChI=1S/C24H24F4N6O4S/c1-34(39(2,36)37)18-10-14(13-6-7-13)8-9-16(18)30-17-11-21(32-20-5-3-4-19(25)31-20)29-12-15(17)24(35)33-38-23(28)22(26)27/h3-5,8-13,22-23H,6-7H2,1-2H3,(H,33,35)(H2,29,30,31,32). The number of amides is 1. The van der Waals surface area contributed by atoms with Gasteiger partial charge in [-0.05, 0) is 48.6 Å². The van der Waals surface area contributed by atoms with E-state index < -0.39 is 34.7 Å². The van der Waals surface area contributed by atoms with E-state index in [1.54, 1.807) is 17.6 Å². The second-order valence-electron chi connectivity index (χ2n) is 8.73. The van der Waals surface area contributed by atoms with Crippen LogP contribution >= 0.6 is 0 Å². The van der Waals surface area contributed by atoms with Crippen molar-refractivity contribution in [2.45, 2.75) is 31.5 Å². The number of benzene rings is 1. The summed E-state index contributed by atoms with van der Waals surface area (Å²) in [5, 5.41) is 5.74. The van der Waals surface area contributed by atoms with Crippen molar-refractivity contribution in [3.8, 4) is 0 Å². The second kappa shape index (κ2) is 11.4. The number of aromatic nitrogens is 2. The van der Waals surface area contributed by atoms with E-state index in [1.165, 1.54) is 25.2 Å². The highest BCUT2D eigenvalue weighted by atomic mass is 32.2. The number of carbonyl (C=O) groups is 1. The predicted octanol–water partition coefficient (Wildman–Crippen LogP) is 4.60. The van der Waals surface area contributed by atoms with Gasteiger partial charge in [-0.1, -0.05) is 12.1 Å². The lowest BCUT2D eigenvalue weighted by Gasteiger charge is -2.23. The molecule has 3 aromatic rings. The molecule has 10 nitrogen and oxygen atoms in total. The molecule has 1 aliphatic rings. The SMILES string of the molecule is CN(c1cc(C2CC2)ccc1Nc1cc(Nc2cccc(F)n2)ncc1C(=O)NOC(F)C(F)F)S(C)(=O)=O. The summed E-state index contributed by atoms with van der Waals surface area (Å²) in [6.45, 7) is 0. The van der Waals surface area contributed by atoms with E-state index in [4.69, 9.17) is 0 Å². The van der Waals surface area contributed by atoms with E-state index in [0.717, 1.165) is 41.2 Å². The van der Waals surface area contributed by atoms with Crippen LogP contribution in [-0.4, -0.2) is 50.4 Å². The number of nitrogens with zero attached hydrogens (tertiary/aromatic N) is 3. The molecule has 0 aliphatic heterocycles. The molecule has 1 amide bonds. The minimum absolute atomic E-state index is 0.0137. The largest absolute Gasteiger partial charge is 0.353 e. The van der Waals surface area contributed by atoms with Crippen LogP contribution in [0.3, 0.4) is 0 Å².